The first-order valence-electron chi connectivity index (χ1n) is 31.1. The topological polar surface area (TPSA) is 0 Å². The van der Waals surface area contributed by atoms with Gasteiger partial charge in [-0.2, -0.15) is 0 Å². The van der Waals surface area contributed by atoms with Gasteiger partial charge in [0.05, 0.1) is 0 Å². The summed E-state index contributed by atoms with van der Waals surface area (Å²) < 4.78 is 0. The first-order chi connectivity index (χ1) is 37.1. The molecule has 3 heteroatoms. The first kappa shape index (κ1) is 54.3. The number of hydrogen-bond acceptors (Lipinski definition) is 3. The van der Waals surface area contributed by atoms with E-state index in [1.807, 2.05) is 0 Å². The number of hydrogen-bond donors (Lipinski definition) is 0. The van der Waals surface area contributed by atoms with Crippen LogP contribution in [0.1, 0.15) is 225 Å². The molecule has 396 valence electrons. The maximum absolute atomic E-state index is 2.57. The van der Waals surface area contributed by atoms with E-state index < -0.39 is 0 Å². The van der Waals surface area contributed by atoms with Crippen LogP contribution in [0.3, 0.4) is 0 Å². The van der Waals surface area contributed by atoms with Crippen LogP contribution in [0.2, 0.25) is 0 Å². The molecule has 0 fully saturated rings. The van der Waals surface area contributed by atoms with Crippen molar-refractivity contribution < 1.29 is 0 Å². The molecule has 0 spiro atoms. The van der Waals surface area contributed by atoms with Crippen molar-refractivity contribution in [3.63, 3.8) is 0 Å². The molecule has 0 N–H and O–H groups in total. The second-order valence-electron chi connectivity index (χ2n) is 22.8. The molecule has 0 atom stereocenters. The van der Waals surface area contributed by atoms with Gasteiger partial charge < -0.3 is 0 Å². The molecule has 0 amide bonds. The Balaban J connectivity index is 1.49. The zero-order valence-corrected chi connectivity index (χ0v) is 49.8. The molecule has 0 nitrogen and oxygen atoms in total. The smallest absolute Gasteiger partial charge is 0.0133 e. The summed E-state index contributed by atoms with van der Waals surface area (Å²) >= 11 is 6.67. The predicted octanol–water partition coefficient (Wildman–Crippen LogP) is 25.0. The van der Waals surface area contributed by atoms with Gasteiger partial charge in [0.25, 0.3) is 0 Å². The van der Waals surface area contributed by atoms with E-state index in [0.717, 1.165) is 0 Å². The van der Waals surface area contributed by atoms with Crippen molar-refractivity contribution in [2.75, 3.05) is 0 Å². The van der Waals surface area contributed by atoms with Crippen LogP contribution in [0, 0.1) is 0 Å². The van der Waals surface area contributed by atoms with Crippen molar-refractivity contribution in [2.45, 2.75) is 234 Å². The lowest BCUT2D eigenvalue weighted by Crippen LogP contribution is -1.96. The van der Waals surface area contributed by atoms with Crippen molar-refractivity contribution >= 4 is 131 Å². The Hall–Kier alpha value is -4.02. The van der Waals surface area contributed by atoms with Crippen LogP contribution in [0.25, 0.3) is 97.0 Å². The Kier molecular flexibility index (Phi) is 18.9. The number of fused-ring (bicyclic) bond motifs is 21. The Labute approximate surface area is 464 Å². The lowest BCUT2D eigenvalue weighted by Gasteiger charge is -2.22. The largest absolute Gasteiger partial charge is 0.144 e. The summed E-state index contributed by atoms with van der Waals surface area (Å²) in [5.74, 6) is 0. The van der Waals surface area contributed by atoms with Crippen molar-refractivity contribution in [1.82, 2.24) is 0 Å². The Bertz CT molecular complexity index is 3130. The third kappa shape index (κ3) is 10.8. The summed E-state index contributed by atoms with van der Waals surface area (Å²) in [6, 6.07) is 29.6. The molecular formula is C72H90S3. The van der Waals surface area contributed by atoms with Crippen molar-refractivity contribution in [3.05, 3.63) is 102 Å². The molecule has 10 rings (SSSR count). The van der Waals surface area contributed by atoms with Gasteiger partial charge >= 0.3 is 0 Å². The van der Waals surface area contributed by atoms with E-state index in [2.05, 4.69) is 148 Å². The molecule has 0 radical (unpaired) electrons. The van der Waals surface area contributed by atoms with Crippen LogP contribution in [0.4, 0.5) is 0 Å². The van der Waals surface area contributed by atoms with E-state index in [1.165, 1.54) is 225 Å². The lowest BCUT2D eigenvalue weighted by atomic mass is 9.80. The summed E-state index contributed by atoms with van der Waals surface area (Å²) in [5.41, 5.74) is 0. The monoisotopic (exact) mass is 1050 g/mol. The lowest BCUT2D eigenvalue weighted by molar-refractivity contribution is 0.670. The number of unbranched alkanes of at least 4 members (excludes halogenated alkanes) is 18. The molecular weight excluding hydrogens is 961 g/mol. The molecule has 3 heterocycles. The highest BCUT2D eigenvalue weighted by Crippen LogP contribution is 2.57. The molecule has 7 aromatic carbocycles. The van der Waals surface area contributed by atoms with Gasteiger partial charge in [-0.15, -0.1) is 34.0 Å². The van der Waals surface area contributed by atoms with E-state index in [-0.39, 0.29) is 0 Å². The molecule has 3 aromatic heterocycles. The van der Waals surface area contributed by atoms with Gasteiger partial charge in [-0.05, 0) is 126 Å². The first-order valence-corrected chi connectivity index (χ1v) is 33.5. The molecule has 0 aliphatic carbocycles. The van der Waals surface area contributed by atoms with Crippen LogP contribution in [-0.2, 0) is 38.5 Å². The average Bonchev–Trinajstić information content (AvgIpc) is 4.20. The summed E-state index contributed by atoms with van der Waals surface area (Å²) in [7, 11) is 0. The van der Waals surface area contributed by atoms with Gasteiger partial charge in [0.15, 0.2) is 0 Å². The molecule has 0 aliphatic heterocycles. The molecule has 0 aliphatic rings. The highest BCUT2D eigenvalue weighted by molar-refractivity contribution is 7.15. The third-order valence-corrected chi connectivity index (χ3v) is 21.3. The highest BCUT2D eigenvalue weighted by Gasteiger charge is 2.30. The van der Waals surface area contributed by atoms with Crippen LogP contribution in [-0.4, -0.2) is 0 Å². The fourth-order valence-electron chi connectivity index (χ4n) is 13.6. The van der Waals surface area contributed by atoms with Gasteiger partial charge in [0, 0.05) is 77.7 Å². The molecule has 10 aromatic rings. The normalized spacial score (nSPS) is 12.4. The number of aryl methyl sites for hydroxylation is 6. The van der Waals surface area contributed by atoms with Gasteiger partial charge in [0.2, 0.25) is 0 Å². The van der Waals surface area contributed by atoms with Gasteiger partial charge in [-0.3, -0.25) is 0 Å². The van der Waals surface area contributed by atoms with E-state index in [4.69, 9.17) is 0 Å². The van der Waals surface area contributed by atoms with Crippen molar-refractivity contribution in [3.8, 4) is 0 Å². The molecule has 0 unspecified atom stereocenters. The standard InChI is InChI=1S/C72H90S3/c1-7-13-19-25-43-55-61-49-37-31-34-40-52(49)64-70(67(61)58(73-55)46-28-22-16-10-4)65-53-41-35-32-38-50(53)62-56(44-26-20-14-8-2)75-60(48-30-24-18-12-6)69(62)72(65)66-54-42-36-33-39-51(54)63-57(45-27-21-15-9-3)74-59(68(63)71(64)66)47-29-23-17-11-5/h31-42H,7-30,43-48H2,1-6H3. The summed E-state index contributed by atoms with van der Waals surface area (Å²) in [6.07, 6.45) is 38.1. The number of benzene rings is 7. The van der Waals surface area contributed by atoms with Crippen molar-refractivity contribution in [2.24, 2.45) is 0 Å². The van der Waals surface area contributed by atoms with E-state index in [9.17, 15) is 0 Å². The minimum absolute atomic E-state index is 1.17. The maximum Gasteiger partial charge on any atom is 0.0133 e. The zero-order chi connectivity index (χ0) is 51.7. The zero-order valence-electron chi connectivity index (χ0n) is 47.4. The molecule has 0 bridgehead atoms. The fourth-order valence-corrected chi connectivity index (χ4v) is 17.9. The Morgan fingerprint density at radius 2 is 0.387 bits per heavy atom. The second-order valence-corrected chi connectivity index (χ2v) is 26.4. The second kappa shape index (κ2) is 26.1. The predicted molar refractivity (Wildman–Crippen MR) is 345 cm³/mol. The maximum atomic E-state index is 2.57. The average molecular weight is 1050 g/mol. The minimum Gasteiger partial charge on any atom is -0.144 e. The quantitative estimate of drug-likeness (QED) is 0.0311. The van der Waals surface area contributed by atoms with E-state index in [0.29, 0.717) is 0 Å². The van der Waals surface area contributed by atoms with Crippen LogP contribution in [0.5, 0.6) is 0 Å². The van der Waals surface area contributed by atoms with Crippen LogP contribution < -0.4 is 0 Å². The van der Waals surface area contributed by atoms with E-state index >= 15 is 0 Å². The van der Waals surface area contributed by atoms with Crippen molar-refractivity contribution in [1.29, 1.82) is 0 Å². The molecule has 0 saturated carbocycles. The number of thiophene rings is 3. The van der Waals surface area contributed by atoms with E-state index in [1.54, 1.807) is 93.9 Å². The Morgan fingerprint density at radius 3 is 0.587 bits per heavy atom. The Morgan fingerprint density at radius 1 is 0.200 bits per heavy atom. The third-order valence-electron chi connectivity index (χ3n) is 17.4. The highest BCUT2D eigenvalue weighted by atomic mass is 32.1. The van der Waals surface area contributed by atoms with Crippen LogP contribution >= 0.6 is 34.0 Å². The van der Waals surface area contributed by atoms with Gasteiger partial charge in [0.1, 0.15) is 0 Å². The van der Waals surface area contributed by atoms with Gasteiger partial charge in [-0.25, -0.2) is 0 Å². The summed E-state index contributed by atoms with van der Waals surface area (Å²) in [4.78, 5) is 9.92. The minimum atomic E-state index is 1.17. The summed E-state index contributed by atoms with van der Waals surface area (Å²) in [6.45, 7) is 14.2. The molecule has 0 saturated heterocycles. The van der Waals surface area contributed by atoms with Gasteiger partial charge in [-0.1, -0.05) is 230 Å². The van der Waals surface area contributed by atoms with Crippen LogP contribution in [0.15, 0.2) is 72.8 Å². The molecule has 75 heavy (non-hydrogen) atoms. The number of rotatable bonds is 30. The summed E-state index contributed by atoms with van der Waals surface area (Å²) in [5, 5.41) is 28.0. The fraction of sp³-hybridized carbons (Fsp3) is 0.500. The SMILES string of the molecule is CCCCCCc1sc(CCCCCC)c2c1c1ccccc1c1c2c2c3ccccc3c3c(CCCCCC)sc(CCCCCC)c3c2c2c3ccccc3c3c(CCCCCC)sc(CCCCCC)c3c12.